The predicted octanol–water partition coefficient (Wildman–Crippen LogP) is 3.40. The lowest BCUT2D eigenvalue weighted by Crippen LogP contribution is -2.57. The van der Waals surface area contributed by atoms with Crippen molar-refractivity contribution < 1.29 is 19.1 Å². The Morgan fingerprint density at radius 3 is 2.52 bits per heavy atom. The van der Waals surface area contributed by atoms with E-state index < -0.39 is 5.60 Å². The zero-order chi connectivity index (χ0) is 20.2. The number of ether oxygens (including phenoxy) is 2. The minimum atomic E-state index is -0.547. The highest BCUT2D eigenvalue weighted by molar-refractivity contribution is 5.96. The van der Waals surface area contributed by atoms with Gasteiger partial charge in [-0.05, 0) is 58.2 Å². The number of hydrogen-bond donors (Lipinski definition) is 0. The van der Waals surface area contributed by atoms with E-state index in [-0.39, 0.29) is 18.0 Å². The second-order valence-electron chi connectivity index (χ2n) is 8.11. The standard InChI is InChI=1S/C21H32N2O4/c1-15-8-7-9-18(16(15)2)19(24)22-11-12-23(17(14-22)10-13-26-6)20(25)27-21(3,4)5/h7-9,17H,10-14H2,1-6H3/t17-/m0/s1. The number of piperazine rings is 1. The van der Waals surface area contributed by atoms with E-state index >= 15 is 0 Å². The van der Waals surface area contributed by atoms with E-state index in [2.05, 4.69) is 0 Å². The Kier molecular flexibility index (Phi) is 6.87. The van der Waals surface area contributed by atoms with Gasteiger partial charge in [0.1, 0.15) is 5.60 Å². The van der Waals surface area contributed by atoms with Gasteiger partial charge in [-0.3, -0.25) is 4.79 Å². The van der Waals surface area contributed by atoms with E-state index in [0.717, 1.165) is 16.7 Å². The Bertz CT molecular complexity index is 681. The van der Waals surface area contributed by atoms with Gasteiger partial charge in [-0.15, -0.1) is 0 Å². The molecule has 6 heteroatoms. The molecule has 1 fully saturated rings. The van der Waals surface area contributed by atoms with Crippen LogP contribution in [-0.4, -0.2) is 66.8 Å². The first kappa shape index (κ1) is 21.2. The quantitative estimate of drug-likeness (QED) is 0.808. The molecule has 2 amide bonds. The van der Waals surface area contributed by atoms with Crippen LogP contribution in [-0.2, 0) is 9.47 Å². The Hall–Kier alpha value is -2.08. The summed E-state index contributed by atoms with van der Waals surface area (Å²) in [5.41, 5.74) is 2.29. The van der Waals surface area contributed by atoms with Crippen molar-refractivity contribution in [1.29, 1.82) is 0 Å². The third-order valence-electron chi connectivity index (χ3n) is 4.89. The van der Waals surface area contributed by atoms with Crippen LogP contribution >= 0.6 is 0 Å². The minimum Gasteiger partial charge on any atom is -0.444 e. The van der Waals surface area contributed by atoms with Crippen molar-refractivity contribution in [2.24, 2.45) is 0 Å². The predicted molar refractivity (Wildman–Crippen MR) is 105 cm³/mol. The lowest BCUT2D eigenvalue weighted by molar-refractivity contribution is -0.00521. The van der Waals surface area contributed by atoms with Gasteiger partial charge in [-0.25, -0.2) is 4.79 Å². The molecular weight excluding hydrogens is 344 g/mol. The molecule has 6 nitrogen and oxygen atoms in total. The smallest absolute Gasteiger partial charge is 0.410 e. The molecular formula is C21H32N2O4. The molecule has 1 aliphatic rings. The Balaban J connectivity index is 2.16. The van der Waals surface area contributed by atoms with E-state index in [4.69, 9.17) is 9.47 Å². The third-order valence-corrected chi connectivity index (χ3v) is 4.89. The summed E-state index contributed by atoms with van der Waals surface area (Å²) >= 11 is 0. The summed E-state index contributed by atoms with van der Waals surface area (Å²) < 4.78 is 10.8. The molecule has 0 N–H and O–H groups in total. The fourth-order valence-electron chi connectivity index (χ4n) is 3.25. The molecule has 0 bridgehead atoms. The molecule has 0 aromatic heterocycles. The summed E-state index contributed by atoms with van der Waals surface area (Å²) in [6, 6.07) is 5.67. The molecule has 27 heavy (non-hydrogen) atoms. The topological polar surface area (TPSA) is 59.1 Å². The van der Waals surface area contributed by atoms with Crippen molar-refractivity contribution in [2.75, 3.05) is 33.4 Å². The molecule has 1 aromatic rings. The fourth-order valence-corrected chi connectivity index (χ4v) is 3.25. The van der Waals surface area contributed by atoms with Gasteiger partial charge < -0.3 is 19.3 Å². The van der Waals surface area contributed by atoms with E-state index in [1.807, 2.05) is 57.7 Å². The number of carbonyl (C=O) groups is 2. The first-order chi connectivity index (χ1) is 12.6. The zero-order valence-electron chi connectivity index (χ0n) is 17.4. The summed E-state index contributed by atoms with van der Waals surface area (Å²) in [4.78, 5) is 29.2. The number of carbonyl (C=O) groups excluding carboxylic acids is 2. The average Bonchev–Trinajstić information content (AvgIpc) is 2.60. The number of hydrogen-bond acceptors (Lipinski definition) is 4. The number of amides is 2. The Morgan fingerprint density at radius 2 is 1.89 bits per heavy atom. The van der Waals surface area contributed by atoms with E-state index in [0.29, 0.717) is 32.7 Å². The van der Waals surface area contributed by atoms with Crippen LogP contribution in [0, 0.1) is 13.8 Å². The summed E-state index contributed by atoms with van der Waals surface area (Å²) in [5.74, 6) is 0.0162. The highest BCUT2D eigenvalue weighted by Crippen LogP contribution is 2.21. The molecule has 1 aliphatic heterocycles. The van der Waals surface area contributed by atoms with Gasteiger partial charge in [0.15, 0.2) is 0 Å². The van der Waals surface area contributed by atoms with Crippen LogP contribution in [0.3, 0.4) is 0 Å². The number of benzene rings is 1. The lowest BCUT2D eigenvalue weighted by atomic mass is 10.0. The summed E-state index contributed by atoms with van der Waals surface area (Å²) in [6.45, 7) is 11.5. The SMILES string of the molecule is COCC[C@H]1CN(C(=O)c2cccc(C)c2C)CCN1C(=O)OC(C)(C)C. The molecule has 1 saturated heterocycles. The maximum Gasteiger partial charge on any atom is 0.410 e. The first-order valence-corrected chi connectivity index (χ1v) is 9.48. The van der Waals surface area contributed by atoms with E-state index in [1.165, 1.54) is 0 Å². The maximum atomic E-state index is 13.1. The number of methoxy groups -OCH3 is 1. The molecule has 2 rings (SSSR count). The molecule has 0 spiro atoms. The highest BCUT2D eigenvalue weighted by Gasteiger charge is 2.35. The molecule has 1 aromatic carbocycles. The summed E-state index contributed by atoms with van der Waals surface area (Å²) in [5, 5.41) is 0. The van der Waals surface area contributed by atoms with Gasteiger partial charge in [-0.2, -0.15) is 0 Å². The molecule has 1 atom stereocenters. The molecule has 0 saturated carbocycles. The second kappa shape index (κ2) is 8.74. The minimum absolute atomic E-state index is 0.0162. The van der Waals surface area contributed by atoms with Crippen molar-refractivity contribution >= 4 is 12.0 Å². The molecule has 0 unspecified atom stereocenters. The number of rotatable bonds is 4. The Morgan fingerprint density at radius 1 is 1.19 bits per heavy atom. The van der Waals surface area contributed by atoms with E-state index in [1.54, 1.807) is 12.0 Å². The molecule has 0 aliphatic carbocycles. The van der Waals surface area contributed by atoms with E-state index in [9.17, 15) is 9.59 Å². The molecule has 0 radical (unpaired) electrons. The molecule has 150 valence electrons. The zero-order valence-corrected chi connectivity index (χ0v) is 17.4. The maximum absolute atomic E-state index is 13.1. The average molecular weight is 376 g/mol. The van der Waals surface area contributed by atoms with Crippen LogP contribution in [0.25, 0.3) is 0 Å². The number of nitrogens with zero attached hydrogens (tertiary/aromatic N) is 2. The van der Waals surface area contributed by atoms with Crippen LogP contribution in [0.15, 0.2) is 18.2 Å². The lowest BCUT2D eigenvalue weighted by Gasteiger charge is -2.41. The molecule has 1 heterocycles. The van der Waals surface area contributed by atoms with Crippen molar-refractivity contribution in [3.05, 3.63) is 34.9 Å². The first-order valence-electron chi connectivity index (χ1n) is 9.48. The van der Waals surface area contributed by atoms with Gasteiger partial charge >= 0.3 is 6.09 Å². The van der Waals surface area contributed by atoms with Crippen LogP contribution in [0.2, 0.25) is 0 Å². The van der Waals surface area contributed by atoms with Crippen LogP contribution < -0.4 is 0 Å². The van der Waals surface area contributed by atoms with Crippen LogP contribution in [0.5, 0.6) is 0 Å². The second-order valence-corrected chi connectivity index (χ2v) is 8.11. The van der Waals surface area contributed by atoms with Crippen molar-refractivity contribution in [2.45, 2.75) is 52.7 Å². The van der Waals surface area contributed by atoms with Gasteiger partial charge in [0.25, 0.3) is 5.91 Å². The largest absolute Gasteiger partial charge is 0.444 e. The highest BCUT2D eigenvalue weighted by atomic mass is 16.6. The van der Waals surface area contributed by atoms with Crippen molar-refractivity contribution in [3.63, 3.8) is 0 Å². The third kappa shape index (κ3) is 5.45. The van der Waals surface area contributed by atoms with Gasteiger partial charge in [0.2, 0.25) is 0 Å². The summed E-state index contributed by atoms with van der Waals surface area (Å²) in [6.07, 6.45) is 0.328. The van der Waals surface area contributed by atoms with Gasteiger partial charge in [0, 0.05) is 38.9 Å². The van der Waals surface area contributed by atoms with Crippen LogP contribution in [0.1, 0.15) is 48.7 Å². The normalized spacial score (nSPS) is 17.8. The Labute approximate surface area is 162 Å². The van der Waals surface area contributed by atoms with Crippen LogP contribution in [0.4, 0.5) is 4.79 Å². The fraction of sp³-hybridized carbons (Fsp3) is 0.619. The summed E-state index contributed by atoms with van der Waals surface area (Å²) in [7, 11) is 1.64. The van der Waals surface area contributed by atoms with Crippen molar-refractivity contribution in [1.82, 2.24) is 9.80 Å². The van der Waals surface area contributed by atoms with Gasteiger partial charge in [-0.1, -0.05) is 12.1 Å². The monoisotopic (exact) mass is 376 g/mol. The van der Waals surface area contributed by atoms with Crippen molar-refractivity contribution in [3.8, 4) is 0 Å². The number of aryl methyl sites for hydroxylation is 1. The van der Waals surface area contributed by atoms with Gasteiger partial charge in [0.05, 0.1) is 6.04 Å².